The molecule has 0 radical (unpaired) electrons. The second-order valence-electron chi connectivity index (χ2n) is 8.79. The number of thiazole rings is 1. The molecule has 0 fully saturated rings. The third kappa shape index (κ3) is 4.21. The van der Waals surface area contributed by atoms with E-state index in [1.54, 1.807) is 28.0 Å². The number of benzene rings is 3. The zero-order valence-corrected chi connectivity index (χ0v) is 21.7. The maximum Gasteiger partial charge on any atom is 0.297 e. The van der Waals surface area contributed by atoms with E-state index < -0.39 is 0 Å². The van der Waals surface area contributed by atoms with Crippen molar-refractivity contribution in [2.24, 2.45) is 17.1 Å². The first-order valence-electron chi connectivity index (χ1n) is 12.1. The molecule has 6 rings (SSSR count). The second kappa shape index (κ2) is 9.91. The van der Waals surface area contributed by atoms with E-state index in [2.05, 4.69) is 29.2 Å². The van der Waals surface area contributed by atoms with Crippen LogP contribution in [0.2, 0.25) is 0 Å². The third-order valence-corrected chi connectivity index (χ3v) is 7.31. The van der Waals surface area contributed by atoms with Gasteiger partial charge in [0, 0.05) is 35.9 Å². The average Bonchev–Trinajstić information content (AvgIpc) is 3.45. The van der Waals surface area contributed by atoms with Crippen LogP contribution in [0, 0.1) is 6.92 Å². The van der Waals surface area contributed by atoms with Gasteiger partial charge in [-0.3, -0.25) is 14.5 Å². The highest BCUT2D eigenvalue weighted by atomic mass is 32.1. The van der Waals surface area contributed by atoms with Gasteiger partial charge < -0.3 is 0 Å². The molecule has 0 aliphatic rings. The van der Waals surface area contributed by atoms with Crippen LogP contribution in [-0.4, -0.2) is 25.2 Å². The average molecular weight is 517 g/mol. The maximum absolute atomic E-state index is 13.6. The van der Waals surface area contributed by atoms with E-state index in [0.717, 1.165) is 39.0 Å². The molecule has 0 aliphatic carbocycles. The summed E-state index contributed by atoms with van der Waals surface area (Å²) in [5.74, 6) is 0. The van der Waals surface area contributed by atoms with Gasteiger partial charge in [0.25, 0.3) is 5.56 Å². The van der Waals surface area contributed by atoms with Gasteiger partial charge in [-0.05, 0) is 35.9 Å². The molecule has 7 nitrogen and oxygen atoms in total. The number of aromatic nitrogens is 4. The quantitative estimate of drug-likeness (QED) is 0.277. The third-order valence-electron chi connectivity index (χ3n) is 6.49. The lowest BCUT2D eigenvalue weighted by Crippen LogP contribution is -2.19. The minimum absolute atomic E-state index is 0.181. The Balaban J connectivity index is 1.58. The lowest BCUT2D eigenvalue weighted by molar-refractivity contribution is 0.630. The summed E-state index contributed by atoms with van der Waals surface area (Å²) in [5.41, 5.74) is 4.55. The predicted molar refractivity (Wildman–Crippen MR) is 153 cm³/mol. The number of nitrogens with zero attached hydrogens (tertiary/aromatic N) is 6. The Hall–Kier alpha value is -4.82. The van der Waals surface area contributed by atoms with Crippen LogP contribution in [0.3, 0.4) is 0 Å². The first kappa shape index (κ1) is 23.6. The van der Waals surface area contributed by atoms with E-state index in [-0.39, 0.29) is 5.56 Å². The largest absolute Gasteiger partial charge is 0.297 e. The Morgan fingerprint density at radius 3 is 2.53 bits per heavy atom. The summed E-state index contributed by atoms with van der Waals surface area (Å²) in [6.07, 6.45) is 5.24. The van der Waals surface area contributed by atoms with Crippen molar-refractivity contribution >= 4 is 34.0 Å². The standard InChI is InChI=1S/C30H24N6OS/c1-21-28(29(37)36(34(21)2)24-13-4-3-5-14-24)33-30-35(32-19-22-10-9-17-31-18-22)27(20-38-30)26-16-8-12-23-11-6-7-15-25(23)26/h3-20H,1-2H3. The van der Waals surface area contributed by atoms with Gasteiger partial charge in [-0.15, -0.1) is 11.3 Å². The monoisotopic (exact) mass is 516 g/mol. The highest BCUT2D eigenvalue weighted by Gasteiger charge is 2.17. The van der Waals surface area contributed by atoms with Crippen LogP contribution in [0.1, 0.15) is 11.3 Å². The first-order valence-corrected chi connectivity index (χ1v) is 13.0. The topological polar surface area (TPSA) is 69.5 Å². The normalized spacial score (nSPS) is 12.1. The Kier molecular flexibility index (Phi) is 6.15. The van der Waals surface area contributed by atoms with Gasteiger partial charge in [0.05, 0.1) is 23.3 Å². The molecule has 0 N–H and O–H groups in total. The summed E-state index contributed by atoms with van der Waals surface area (Å²) in [6, 6.07) is 27.9. The van der Waals surface area contributed by atoms with Crippen molar-refractivity contribution in [2.75, 3.05) is 0 Å². The summed E-state index contributed by atoms with van der Waals surface area (Å²) in [4.78, 5) is 23.2. The summed E-state index contributed by atoms with van der Waals surface area (Å²) in [5, 5.41) is 9.11. The summed E-state index contributed by atoms with van der Waals surface area (Å²) in [6.45, 7) is 1.90. The molecule has 38 heavy (non-hydrogen) atoms. The minimum Gasteiger partial charge on any atom is -0.283 e. The Morgan fingerprint density at radius 2 is 1.71 bits per heavy atom. The molecule has 0 saturated heterocycles. The van der Waals surface area contributed by atoms with Crippen LogP contribution < -0.4 is 10.4 Å². The molecule has 0 unspecified atom stereocenters. The van der Waals surface area contributed by atoms with E-state index in [4.69, 9.17) is 10.1 Å². The highest BCUT2D eigenvalue weighted by Crippen LogP contribution is 2.29. The van der Waals surface area contributed by atoms with Crippen molar-refractivity contribution in [3.63, 3.8) is 0 Å². The molecule has 0 aliphatic heterocycles. The van der Waals surface area contributed by atoms with Gasteiger partial charge in [-0.1, -0.05) is 66.7 Å². The molecular formula is C30H24N6OS. The lowest BCUT2D eigenvalue weighted by atomic mass is 10.0. The zero-order chi connectivity index (χ0) is 26.1. The molecule has 0 spiro atoms. The van der Waals surface area contributed by atoms with Gasteiger partial charge in [0.15, 0.2) is 5.69 Å². The van der Waals surface area contributed by atoms with E-state index in [0.29, 0.717) is 10.5 Å². The molecule has 0 amide bonds. The lowest BCUT2D eigenvalue weighted by Gasteiger charge is -2.07. The van der Waals surface area contributed by atoms with Crippen molar-refractivity contribution < 1.29 is 0 Å². The molecule has 0 bridgehead atoms. The molecule has 8 heteroatoms. The molecule has 3 heterocycles. The van der Waals surface area contributed by atoms with Gasteiger partial charge in [0.2, 0.25) is 4.80 Å². The number of hydrogen-bond acceptors (Lipinski definition) is 5. The van der Waals surface area contributed by atoms with E-state index >= 15 is 0 Å². The summed E-state index contributed by atoms with van der Waals surface area (Å²) in [7, 11) is 1.87. The molecule has 3 aromatic heterocycles. The molecule has 0 atom stereocenters. The Labute approximate surface area is 222 Å². The number of pyridine rings is 1. The van der Waals surface area contributed by atoms with Gasteiger partial charge in [-0.2, -0.15) is 5.10 Å². The zero-order valence-electron chi connectivity index (χ0n) is 20.9. The van der Waals surface area contributed by atoms with Gasteiger partial charge in [-0.25, -0.2) is 14.4 Å². The smallest absolute Gasteiger partial charge is 0.283 e. The van der Waals surface area contributed by atoms with Crippen molar-refractivity contribution in [3.8, 4) is 16.9 Å². The fourth-order valence-corrected chi connectivity index (χ4v) is 5.31. The van der Waals surface area contributed by atoms with Crippen LogP contribution in [0.15, 0.2) is 118 Å². The second-order valence-corrected chi connectivity index (χ2v) is 9.63. The van der Waals surface area contributed by atoms with Crippen molar-refractivity contribution in [2.45, 2.75) is 6.92 Å². The number of hydrogen-bond donors (Lipinski definition) is 0. The summed E-state index contributed by atoms with van der Waals surface area (Å²) >= 11 is 1.45. The number of para-hydroxylation sites is 1. The molecule has 3 aromatic carbocycles. The van der Waals surface area contributed by atoms with Crippen molar-refractivity contribution in [1.82, 2.24) is 19.0 Å². The fourth-order valence-electron chi connectivity index (χ4n) is 4.48. The molecule has 0 saturated carbocycles. The van der Waals surface area contributed by atoms with Gasteiger partial charge in [0.1, 0.15) is 0 Å². The maximum atomic E-state index is 13.6. The Bertz CT molecular complexity index is 1900. The van der Waals surface area contributed by atoms with E-state index in [1.807, 2.05) is 84.7 Å². The van der Waals surface area contributed by atoms with E-state index in [1.165, 1.54) is 11.3 Å². The van der Waals surface area contributed by atoms with E-state index in [9.17, 15) is 4.79 Å². The van der Waals surface area contributed by atoms with Crippen LogP contribution in [0.25, 0.3) is 27.7 Å². The number of rotatable bonds is 5. The predicted octanol–water partition coefficient (Wildman–Crippen LogP) is 5.68. The Morgan fingerprint density at radius 1 is 0.921 bits per heavy atom. The van der Waals surface area contributed by atoms with Gasteiger partial charge >= 0.3 is 0 Å². The first-order chi connectivity index (χ1) is 18.6. The summed E-state index contributed by atoms with van der Waals surface area (Å²) < 4.78 is 5.27. The molecule has 186 valence electrons. The SMILES string of the molecule is Cc1c(N=c2scc(-c3cccc4ccccc34)n2N=Cc2cccnc2)c(=O)n(-c2ccccc2)n1C. The van der Waals surface area contributed by atoms with Crippen LogP contribution in [0.4, 0.5) is 5.69 Å². The minimum atomic E-state index is -0.181. The van der Waals surface area contributed by atoms with Crippen molar-refractivity contribution in [1.29, 1.82) is 0 Å². The number of fused-ring (bicyclic) bond motifs is 1. The molecular weight excluding hydrogens is 492 g/mol. The van der Waals surface area contributed by atoms with Crippen LogP contribution >= 0.6 is 11.3 Å². The fraction of sp³-hybridized carbons (Fsp3) is 0.0667. The molecule has 6 aromatic rings. The van der Waals surface area contributed by atoms with Crippen LogP contribution in [0.5, 0.6) is 0 Å². The highest BCUT2D eigenvalue weighted by molar-refractivity contribution is 7.07. The van der Waals surface area contributed by atoms with Crippen LogP contribution in [-0.2, 0) is 7.05 Å². The van der Waals surface area contributed by atoms with Crippen molar-refractivity contribution in [3.05, 3.63) is 129 Å².